The molecular weight excluding hydrogens is 352 g/mol. The minimum absolute atomic E-state index is 0.0567. The molecule has 3 nitrogen and oxygen atoms in total. The van der Waals surface area contributed by atoms with Crippen LogP contribution in [0.1, 0.15) is 13.8 Å². The lowest BCUT2D eigenvalue weighted by Crippen LogP contribution is -2.27. The van der Waals surface area contributed by atoms with E-state index in [4.69, 9.17) is 4.99 Å². The van der Waals surface area contributed by atoms with Crippen LogP contribution in [-0.4, -0.2) is 16.2 Å². The van der Waals surface area contributed by atoms with E-state index in [1.165, 1.54) is 17.1 Å². The number of fused-ring (bicyclic) bond motifs is 6. The molecule has 0 aromatic heterocycles. The Labute approximate surface area is 161 Å². The molecule has 0 radical (unpaired) electrons. The zero-order chi connectivity index (χ0) is 18.8. The van der Waals surface area contributed by atoms with E-state index in [-0.39, 0.29) is 11.0 Å². The van der Waals surface area contributed by atoms with Crippen LogP contribution in [0.5, 0.6) is 0 Å². The summed E-state index contributed by atoms with van der Waals surface area (Å²) >= 11 is 1.37. The fourth-order valence-electron chi connectivity index (χ4n) is 3.23. The number of carbonyl (C=O) groups is 1. The minimum Gasteiger partial charge on any atom is -0.294 e. The summed E-state index contributed by atoms with van der Waals surface area (Å²) in [4.78, 5) is 21.4. The van der Waals surface area contributed by atoms with Crippen molar-refractivity contribution < 1.29 is 4.79 Å². The maximum Gasteiger partial charge on any atom is 0.189 e. The molecule has 0 amide bonds. The Morgan fingerprint density at radius 2 is 1.67 bits per heavy atom. The molecule has 4 rings (SSSR count). The standard InChI is InChI=1S/C23H18N2OS/c1-3-8-21(26)15(2)27-23-24-14-13-20-18-11-5-4-9-16(18)17-10-6-7-12-19(17)22(20)25-23/h3-12,14-15H,1-2H3/b8-3+. The Bertz CT molecular complexity index is 1280. The second kappa shape index (κ2) is 7.36. The summed E-state index contributed by atoms with van der Waals surface area (Å²) in [6.45, 7) is 3.72. The highest BCUT2D eigenvalue weighted by Crippen LogP contribution is 2.21. The first-order chi connectivity index (χ1) is 13.2. The number of thioether (sulfide) groups is 1. The maximum absolute atomic E-state index is 12.1. The summed E-state index contributed by atoms with van der Waals surface area (Å²) in [5, 5.41) is 6.63. The molecule has 0 N–H and O–H groups in total. The molecule has 0 saturated heterocycles. The van der Waals surface area contributed by atoms with Gasteiger partial charge in [0.15, 0.2) is 11.0 Å². The van der Waals surface area contributed by atoms with Crippen molar-refractivity contribution in [3.8, 4) is 0 Å². The van der Waals surface area contributed by atoms with Crippen LogP contribution in [0.3, 0.4) is 0 Å². The predicted molar refractivity (Wildman–Crippen MR) is 115 cm³/mol. The lowest BCUT2D eigenvalue weighted by atomic mass is 9.99. The Morgan fingerprint density at radius 3 is 2.37 bits per heavy atom. The SMILES string of the molecule is C/C=C/C(=O)C(C)SC1=NC=C=c2c(c3ccccc3c3ccccc23)=N1. The number of amidine groups is 1. The van der Waals surface area contributed by atoms with E-state index in [1.54, 1.807) is 18.4 Å². The van der Waals surface area contributed by atoms with E-state index in [0.29, 0.717) is 5.17 Å². The van der Waals surface area contributed by atoms with Gasteiger partial charge in [0.25, 0.3) is 0 Å². The Morgan fingerprint density at radius 1 is 1.04 bits per heavy atom. The quantitative estimate of drug-likeness (QED) is 0.514. The molecule has 0 fully saturated rings. The molecule has 1 aliphatic heterocycles. The molecule has 0 aliphatic carbocycles. The summed E-state index contributed by atoms with van der Waals surface area (Å²) in [5.41, 5.74) is 3.30. The van der Waals surface area contributed by atoms with E-state index in [9.17, 15) is 4.79 Å². The second-order valence-electron chi connectivity index (χ2n) is 6.27. The summed E-state index contributed by atoms with van der Waals surface area (Å²) in [6.07, 6.45) is 5.01. The van der Waals surface area contributed by atoms with E-state index in [1.807, 2.05) is 38.1 Å². The number of allylic oxidation sites excluding steroid dienone is 2. The molecule has 1 heterocycles. The van der Waals surface area contributed by atoms with Crippen LogP contribution < -0.4 is 10.6 Å². The van der Waals surface area contributed by atoms with Gasteiger partial charge in [-0.25, -0.2) is 9.98 Å². The van der Waals surface area contributed by atoms with Gasteiger partial charge in [-0.3, -0.25) is 4.79 Å². The minimum atomic E-state index is -0.245. The number of aliphatic imine (C=N–C) groups is 1. The van der Waals surface area contributed by atoms with Crippen LogP contribution in [0.2, 0.25) is 0 Å². The maximum atomic E-state index is 12.1. The fourth-order valence-corrected chi connectivity index (χ4v) is 4.00. The van der Waals surface area contributed by atoms with Gasteiger partial charge in [-0.2, -0.15) is 0 Å². The summed E-state index contributed by atoms with van der Waals surface area (Å²) in [7, 11) is 0. The number of hydrogen-bond acceptors (Lipinski definition) is 4. The van der Waals surface area contributed by atoms with Gasteiger partial charge in [0.1, 0.15) is 0 Å². The molecule has 0 spiro atoms. The van der Waals surface area contributed by atoms with E-state index in [2.05, 4.69) is 35.0 Å². The van der Waals surface area contributed by atoms with Crippen LogP contribution in [0.15, 0.2) is 76.9 Å². The van der Waals surface area contributed by atoms with Crippen molar-refractivity contribution >= 4 is 50.0 Å². The van der Waals surface area contributed by atoms with Crippen molar-refractivity contribution in [3.63, 3.8) is 0 Å². The number of rotatable bonds is 3. The largest absolute Gasteiger partial charge is 0.294 e. The van der Waals surface area contributed by atoms with Gasteiger partial charge < -0.3 is 0 Å². The van der Waals surface area contributed by atoms with Crippen molar-refractivity contribution in [2.24, 2.45) is 9.98 Å². The lowest BCUT2D eigenvalue weighted by Gasteiger charge is -2.07. The summed E-state index contributed by atoms with van der Waals surface area (Å²) < 4.78 is 0. The van der Waals surface area contributed by atoms with Gasteiger partial charge in [-0.15, -0.1) is 0 Å². The summed E-state index contributed by atoms with van der Waals surface area (Å²) in [5.74, 6) is 0.0567. The average molecular weight is 370 g/mol. The van der Waals surface area contributed by atoms with Crippen LogP contribution in [0, 0.1) is 0 Å². The topological polar surface area (TPSA) is 41.8 Å². The highest BCUT2D eigenvalue weighted by molar-refractivity contribution is 8.15. The van der Waals surface area contributed by atoms with Crippen molar-refractivity contribution in [3.05, 3.63) is 77.5 Å². The molecule has 1 aliphatic rings. The predicted octanol–water partition coefficient (Wildman–Crippen LogP) is 4.14. The zero-order valence-electron chi connectivity index (χ0n) is 15.1. The van der Waals surface area contributed by atoms with E-state index < -0.39 is 0 Å². The van der Waals surface area contributed by atoms with Crippen LogP contribution in [-0.2, 0) is 4.79 Å². The van der Waals surface area contributed by atoms with Gasteiger partial charge in [-0.05, 0) is 36.1 Å². The monoisotopic (exact) mass is 370 g/mol. The van der Waals surface area contributed by atoms with Crippen LogP contribution >= 0.6 is 11.8 Å². The van der Waals surface area contributed by atoms with Gasteiger partial charge in [0.05, 0.1) is 22.0 Å². The molecule has 3 aromatic carbocycles. The highest BCUT2D eigenvalue weighted by atomic mass is 32.2. The molecule has 1 unspecified atom stereocenters. The Balaban J connectivity index is 1.96. The second-order valence-corrected chi connectivity index (χ2v) is 7.58. The third-order valence-corrected chi connectivity index (χ3v) is 5.50. The van der Waals surface area contributed by atoms with E-state index in [0.717, 1.165) is 26.7 Å². The van der Waals surface area contributed by atoms with Crippen molar-refractivity contribution in [2.45, 2.75) is 19.1 Å². The van der Waals surface area contributed by atoms with Crippen LogP contribution in [0.4, 0.5) is 0 Å². The first-order valence-electron chi connectivity index (χ1n) is 8.83. The summed E-state index contributed by atoms with van der Waals surface area (Å²) in [6, 6.07) is 16.5. The lowest BCUT2D eigenvalue weighted by molar-refractivity contribution is -0.113. The third-order valence-electron chi connectivity index (χ3n) is 4.51. The van der Waals surface area contributed by atoms with Crippen molar-refractivity contribution in [1.29, 1.82) is 0 Å². The number of hydrogen-bond donors (Lipinski definition) is 0. The first-order valence-corrected chi connectivity index (χ1v) is 9.71. The average Bonchev–Trinajstić information content (AvgIpc) is 2.91. The Hall–Kier alpha value is -2.94. The first kappa shape index (κ1) is 17.5. The zero-order valence-corrected chi connectivity index (χ0v) is 16.0. The van der Waals surface area contributed by atoms with Gasteiger partial charge in [0, 0.05) is 5.39 Å². The molecular formula is C23H18N2OS. The van der Waals surface area contributed by atoms with Crippen LogP contribution in [0.25, 0.3) is 27.3 Å². The van der Waals surface area contributed by atoms with Gasteiger partial charge in [-0.1, -0.05) is 72.1 Å². The number of benzene rings is 3. The molecule has 132 valence electrons. The molecule has 4 heteroatoms. The van der Waals surface area contributed by atoms with Gasteiger partial charge in [0.2, 0.25) is 0 Å². The molecule has 3 aromatic rings. The Kier molecular flexibility index (Phi) is 4.76. The number of ketones is 1. The molecule has 0 saturated carbocycles. The molecule has 0 bridgehead atoms. The fraction of sp³-hybridized carbons (Fsp3) is 0.130. The van der Waals surface area contributed by atoms with Gasteiger partial charge >= 0.3 is 0 Å². The normalized spacial score (nSPS) is 14.4. The molecule has 27 heavy (non-hydrogen) atoms. The van der Waals surface area contributed by atoms with E-state index >= 15 is 0 Å². The smallest absolute Gasteiger partial charge is 0.189 e. The van der Waals surface area contributed by atoms with Crippen molar-refractivity contribution in [1.82, 2.24) is 0 Å². The van der Waals surface area contributed by atoms with Crippen molar-refractivity contribution in [2.75, 3.05) is 0 Å². The highest BCUT2D eigenvalue weighted by Gasteiger charge is 2.15. The number of carbonyl (C=O) groups excluding carboxylic acids is 1. The number of nitrogens with zero attached hydrogens (tertiary/aromatic N) is 2. The third kappa shape index (κ3) is 3.25. The molecule has 1 atom stereocenters.